The lowest BCUT2D eigenvalue weighted by Crippen LogP contribution is -2.33. The van der Waals surface area contributed by atoms with E-state index in [1.807, 2.05) is 0 Å². The van der Waals surface area contributed by atoms with E-state index in [2.05, 4.69) is 77.6 Å². The Morgan fingerprint density at radius 3 is 2.31 bits per heavy atom. The van der Waals surface area contributed by atoms with E-state index in [1.165, 1.54) is 79.3 Å². The van der Waals surface area contributed by atoms with Gasteiger partial charge in [-0.2, -0.15) is 0 Å². The van der Waals surface area contributed by atoms with Gasteiger partial charge in [-0.25, -0.2) is 4.98 Å². The number of anilines is 1. The smallest absolute Gasteiger partial charge is 0.292 e. The highest BCUT2D eigenvalue weighted by Gasteiger charge is 2.29. The Labute approximate surface area is 214 Å². The first-order valence-electron chi connectivity index (χ1n) is 12.8. The molecular weight excluding hydrogens is 454 g/mol. The molecule has 36 heavy (non-hydrogen) atoms. The maximum Gasteiger partial charge on any atom is 0.292 e. The van der Waals surface area contributed by atoms with Crippen molar-refractivity contribution in [3.8, 4) is 0 Å². The summed E-state index contributed by atoms with van der Waals surface area (Å²) in [7, 11) is 3.55. The number of hydrogen-bond donors (Lipinski definition) is 1. The minimum Gasteiger partial charge on any atom is -0.483 e. The molecule has 7 heteroatoms. The number of aryl methyl sites for hydroxylation is 1. The molecule has 0 amide bonds. The average Bonchev–Trinajstić information content (AvgIpc) is 3.32. The number of methoxy groups -OCH3 is 1. The van der Waals surface area contributed by atoms with Gasteiger partial charge in [0.25, 0.3) is 12.9 Å². The quantitative estimate of drug-likeness (QED) is 0.452. The fourth-order valence-electron chi connectivity index (χ4n) is 5.50. The number of nitrogens with zero attached hydrogens (tertiary/aromatic N) is 3. The first-order valence-corrected chi connectivity index (χ1v) is 12.8. The normalized spacial score (nSPS) is 18.1. The molecule has 7 nitrogen and oxygen atoms in total. The molecule has 1 unspecified atom stereocenters. The molecule has 1 aliphatic carbocycles. The van der Waals surface area contributed by atoms with E-state index in [0.29, 0.717) is 24.5 Å². The summed E-state index contributed by atoms with van der Waals surface area (Å²) in [6.45, 7) is 4.78. The molecule has 2 aliphatic rings. The summed E-state index contributed by atoms with van der Waals surface area (Å²) >= 11 is 0. The van der Waals surface area contributed by atoms with E-state index in [1.54, 1.807) is 0 Å². The number of carbonyl (C=O) groups excluding carboxylic acids is 1. The lowest BCUT2D eigenvalue weighted by molar-refractivity contribution is -0.126. The third-order valence-electron chi connectivity index (χ3n) is 7.55. The summed E-state index contributed by atoms with van der Waals surface area (Å²) in [5.41, 5.74) is 6.81. The second-order valence-corrected chi connectivity index (χ2v) is 9.63. The fourth-order valence-corrected chi connectivity index (χ4v) is 5.50. The first-order chi connectivity index (χ1) is 17.5. The van der Waals surface area contributed by atoms with Crippen molar-refractivity contribution in [2.45, 2.75) is 76.8 Å². The summed E-state index contributed by atoms with van der Waals surface area (Å²) in [5, 5.41) is 6.89. The zero-order valence-corrected chi connectivity index (χ0v) is 21.9. The number of rotatable bonds is 4. The maximum atomic E-state index is 8.95. The second kappa shape index (κ2) is 13.1. The van der Waals surface area contributed by atoms with Gasteiger partial charge in [-0.1, -0.05) is 56.5 Å². The highest BCUT2D eigenvalue weighted by Crippen LogP contribution is 2.40. The molecule has 2 aromatic carbocycles. The van der Waals surface area contributed by atoms with Gasteiger partial charge in [0, 0.05) is 36.3 Å². The van der Waals surface area contributed by atoms with Crippen LogP contribution in [-0.2, 0) is 20.7 Å². The minimum absolute atomic E-state index is 0.250. The molecule has 0 radical (unpaired) electrons. The summed E-state index contributed by atoms with van der Waals surface area (Å²) < 4.78 is 6.49. The number of carboxylic acid groups (broad SMARTS) is 1. The van der Waals surface area contributed by atoms with Crippen molar-refractivity contribution in [3.63, 3.8) is 0 Å². The van der Waals surface area contributed by atoms with Crippen LogP contribution in [0.2, 0.25) is 0 Å². The van der Waals surface area contributed by atoms with Crippen LogP contribution < -0.4 is 4.90 Å². The SMILES string of the molecule is CC(c1ccccc1)c1nc2c3c(ccc2n1C1CCCCC1)N(C)[C@@H](C)CC3.COC=O.O=CO. The van der Waals surface area contributed by atoms with E-state index in [9.17, 15) is 0 Å². The number of fused-ring (bicyclic) bond motifs is 3. The van der Waals surface area contributed by atoms with Gasteiger partial charge in [-0.15, -0.1) is 0 Å². The lowest BCUT2D eigenvalue weighted by Gasteiger charge is -2.34. The zero-order valence-electron chi connectivity index (χ0n) is 21.9. The van der Waals surface area contributed by atoms with E-state index in [-0.39, 0.29) is 6.47 Å². The van der Waals surface area contributed by atoms with Crippen LogP contribution in [0.15, 0.2) is 42.5 Å². The molecule has 2 heterocycles. The maximum absolute atomic E-state index is 8.95. The third kappa shape index (κ3) is 5.89. The second-order valence-electron chi connectivity index (χ2n) is 9.63. The van der Waals surface area contributed by atoms with E-state index >= 15 is 0 Å². The zero-order chi connectivity index (χ0) is 26.1. The van der Waals surface area contributed by atoms with Gasteiger partial charge in [0.15, 0.2) is 0 Å². The summed E-state index contributed by atoms with van der Waals surface area (Å²) in [4.78, 5) is 25.1. The van der Waals surface area contributed by atoms with Crippen LogP contribution in [0.25, 0.3) is 11.0 Å². The highest BCUT2D eigenvalue weighted by molar-refractivity contribution is 5.86. The number of hydrogen-bond acceptors (Lipinski definition) is 5. The van der Waals surface area contributed by atoms with Gasteiger partial charge >= 0.3 is 0 Å². The molecular formula is C29H39N3O4. The van der Waals surface area contributed by atoms with Crippen molar-refractivity contribution in [1.82, 2.24) is 9.55 Å². The standard InChI is InChI=1S/C26H33N3.C2H4O2.CH2O2/c1-18-14-15-22-23(28(18)3)16-17-24-25(22)27-26(19(2)20-10-6-4-7-11-20)29(24)21-12-8-5-9-13-21;1-4-2-3;2-1-3/h4,6-7,10-11,16-19,21H,5,8-9,12-15H2,1-3H3;2H,1H3;1H,(H,2,3)/t18-,19?;;/m0../s1. The fraction of sp³-hybridized carbons (Fsp3) is 0.483. The van der Waals surface area contributed by atoms with Crippen LogP contribution in [0.4, 0.5) is 5.69 Å². The van der Waals surface area contributed by atoms with Gasteiger partial charge < -0.3 is 19.3 Å². The molecule has 0 saturated heterocycles. The van der Waals surface area contributed by atoms with Crippen LogP contribution in [0.5, 0.6) is 0 Å². The Morgan fingerprint density at radius 1 is 1.06 bits per heavy atom. The van der Waals surface area contributed by atoms with Crippen LogP contribution >= 0.6 is 0 Å². The molecule has 3 aromatic rings. The van der Waals surface area contributed by atoms with Crippen molar-refractivity contribution in [2.24, 2.45) is 0 Å². The number of ether oxygens (including phenoxy) is 1. The van der Waals surface area contributed by atoms with Crippen LogP contribution in [0.1, 0.15) is 81.3 Å². The predicted molar refractivity (Wildman–Crippen MR) is 144 cm³/mol. The van der Waals surface area contributed by atoms with Crippen LogP contribution in [0, 0.1) is 0 Å². The third-order valence-corrected chi connectivity index (χ3v) is 7.55. The molecule has 194 valence electrons. The molecule has 2 atom stereocenters. The van der Waals surface area contributed by atoms with Crippen LogP contribution in [-0.4, -0.2) is 47.8 Å². The van der Waals surface area contributed by atoms with E-state index < -0.39 is 0 Å². The lowest BCUT2D eigenvalue weighted by atomic mass is 9.93. The van der Waals surface area contributed by atoms with Crippen molar-refractivity contribution in [3.05, 3.63) is 59.4 Å². The number of carbonyl (C=O) groups is 2. The van der Waals surface area contributed by atoms with Crippen LogP contribution in [0.3, 0.4) is 0 Å². The highest BCUT2D eigenvalue weighted by atomic mass is 16.5. The molecule has 1 N–H and O–H groups in total. The molecule has 5 rings (SSSR count). The topological polar surface area (TPSA) is 84.7 Å². The average molecular weight is 494 g/mol. The van der Waals surface area contributed by atoms with Gasteiger partial charge in [-0.3, -0.25) is 9.59 Å². The Bertz CT molecular complexity index is 1120. The van der Waals surface area contributed by atoms with Gasteiger partial charge in [0.1, 0.15) is 5.82 Å². The van der Waals surface area contributed by atoms with Crippen molar-refractivity contribution in [1.29, 1.82) is 0 Å². The monoisotopic (exact) mass is 493 g/mol. The summed E-state index contributed by atoms with van der Waals surface area (Å²) in [5.74, 6) is 1.56. The minimum atomic E-state index is -0.250. The van der Waals surface area contributed by atoms with Gasteiger partial charge in [0.05, 0.1) is 18.1 Å². The molecule has 1 saturated carbocycles. The largest absolute Gasteiger partial charge is 0.483 e. The van der Waals surface area contributed by atoms with Crippen molar-refractivity contribution >= 4 is 29.7 Å². The number of benzene rings is 2. The van der Waals surface area contributed by atoms with Crippen molar-refractivity contribution < 1.29 is 19.4 Å². The number of imidazole rings is 1. The summed E-state index contributed by atoms with van der Waals surface area (Å²) in [6, 6.07) is 16.8. The number of aromatic nitrogens is 2. The van der Waals surface area contributed by atoms with Crippen molar-refractivity contribution in [2.75, 3.05) is 19.1 Å². The molecule has 0 bridgehead atoms. The Kier molecular flexibility index (Phi) is 9.91. The first kappa shape index (κ1) is 27.2. The molecule has 1 aliphatic heterocycles. The Balaban J connectivity index is 0.000000463. The molecule has 1 fully saturated rings. The molecule has 1 aromatic heterocycles. The summed E-state index contributed by atoms with van der Waals surface area (Å²) in [6.07, 6.45) is 8.98. The predicted octanol–water partition coefficient (Wildman–Crippen LogP) is 5.95. The van der Waals surface area contributed by atoms with E-state index in [0.717, 1.165) is 6.42 Å². The van der Waals surface area contributed by atoms with Gasteiger partial charge in [0.2, 0.25) is 0 Å². The molecule has 0 spiro atoms. The Morgan fingerprint density at radius 2 is 1.69 bits per heavy atom. The van der Waals surface area contributed by atoms with Gasteiger partial charge in [-0.05, 0) is 50.3 Å². The Hall–Kier alpha value is -3.35. The van der Waals surface area contributed by atoms with E-state index in [4.69, 9.17) is 19.7 Å².